The van der Waals surface area contributed by atoms with Gasteiger partial charge in [-0.3, -0.25) is 4.79 Å². The number of rotatable bonds is 4. The lowest BCUT2D eigenvalue weighted by Gasteiger charge is -2.05. The third kappa shape index (κ3) is 2.92. The normalized spacial score (nSPS) is 10.5. The number of aromatic nitrogens is 2. The number of anilines is 1. The van der Waals surface area contributed by atoms with E-state index in [-0.39, 0.29) is 5.56 Å². The minimum absolute atomic E-state index is 0.0406. The zero-order valence-electron chi connectivity index (χ0n) is 10.2. The number of hydrogen-bond acceptors (Lipinski definition) is 4. The van der Waals surface area contributed by atoms with Gasteiger partial charge in [0.25, 0.3) is 5.56 Å². The molecule has 2 N–H and O–H groups in total. The fourth-order valence-electron chi connectivity index (χ4n) is 1.56. The van der Waals surface area contributed by atoms with E-state index >= 15 is 0 Å². The molecule has 0 aliphatic rings. The molecule has 0 saturated heterocycles. The van der Waals surface area contributed by atoms with Crippen LogP contribution in [-0.2, 0) is 6.54 Å². The van der Waals surface area contributed by atoms with Gasteiger partial charge >= 0.3 is 0 Å². The first-order valence-electron chi connectivity index (χ1n) is 5.79. The Hall–Kier alpha value is -1.75. The van der Waals surface area contributed by atoms with Crippen molar-refractivity contribution in [3.63, 3.8) is 0 Å². The Labute approximate surface area is 110 Å². The lowest BCUT2D eigenvalue weighted by atomic mass is 10.3. The van der Waals surface area contributed by atoms with Crippen LogP contribution in [0.2, 0.25) is 0 Å². The van der Waals surface area contributed by atoms with Crippen molar-refractivity contribution in [3.8, 4) is 0 Å². The van der Waals surface area contributed by atoms with Crippen LogP contribution < -0.4 is 11.3 Å². The standard InChI is InChI=1S/C13H15N3OS/c1-2-8-16-9-7-15-12(13(16)17)18-11-5-3-10(14)4-6-11/h3-7,9H,2,8,14H2,1H3. The minimum atomic E-state index is -0.0406. The van der Waals surface area contributed by atoms with Crippen molar-refractivity contribution in [1.82, 2.24) is 9.55 Å². The molecule has 0 unspecified atom stereocenters. The maximum Gasteiger partial charge on any atom is 0.283 e. The summed E-state index contributed by atoms with van der Waals surface area (Å²) in [4.78, 5) is 17.2. The average molecular weight is 261 g/mol. The molecule has 2 aromatic rings. The third-order valence-corrected chi connectivity index (χ3v) is 3.42. The van der Waals surface area contributed by atoms with Crippen LogP contribution in [0.15, 0.2) is 51.4 Å². The zero-order chi connectivity index (χ0) is 13.0. The number of nitrogens with two attached hydrogens (primary N) is 1. The largest absolute Gasteiger partial charge is 0.399 e. The van der Waals surface area contributed by atoms with E-state index < -0.39 is 0 Å². The van der Waals surface area contributed by atoms with E-state index in [4.69, 9.17) is 5.73 Å². The second kappa shape index (κ2) is 5.73. The van der Waals surface area contributed by atoms with Crippen LogP contribution in [-0.4, -0.2) is 9.55 Å². The van der Waals surface area contributed by atoms with Gasteiger partial charge in [0.1, 0.15) is 0 Å². The summed E-state index contributed by atoms with van der Waals surface area (Å²) in [5.41, 5.74) is 6.29. The first kappa shape index (κ1) is 12.7. The molecule has 1 aromatic carbocycles. The molecule has 2 rings (SSSR count). The minimum Gasteiger partial charge on any atom is -0.399 e. The van der Waals surface area contributed by atoms with Gasteiger partial charge in [-0.1, -0.05) is 18.7 Å². The van der Waals surface area contributed by atoms with Crippen molar-refractivity contribution in [3.05, 3.63) is 47.0 Å². The van der Waals surface area contributed by atoms with E-state index in [2.05, 4.69) is 4.98 Å². The Morgan fingerprint density at radius 3 is 2.72 bits per heavy atom. The van der Waals surface area contributed by atoms with Crippen LogP contribution in [0.5, 0.6) is 0 Å². The Balaban J connectivity index is 2.26. The summed E-state index contributed by atoms with van der Waals surface area (Å²) in [5.74, 6) is 0. The fraction of sp³-hybridized carbons (Fsp3) is 0.231. The highest BCUT2D eigenvalue weighted by molar-refractivity contribution is 7.99. The molecule has 0 saturated carbocycles. The molecule has 0 radical (unpaired) electrons. The van der Waals surface area contributed by atoms with Crippen LogP contribution in [0, 0.1) is 0 Å². The van der Waals surface area contributed by atoms with E-state index in [9.17, 15) is 4.79 Å². The molecule has 0 amide bonds. The van der Waals surface area contributed by atoms with Crippen molar-refractivity contribution in [2.24, 2.45) is 0 Å². The van der Waals surface area contributed by atoms with Crippen molar-refractivity contribution < 1.29 is 0 Å². The summed E-state index contributed by atoms with van der Waals surface area (Å²) in [6.45, 7) is 2.76. The highest BCUT2D eigenvalue weighted by atomic mass is 32.2. The molecule has 0 spiro atoms. The van der Waals surface area contributed by atoms with E-state index in [0.717, 1.165) is 17.9 Å². The monoisotopic (exact) mass is 261 g/mol. The van der Waals surface area contributed by atoms with Gasteiger partial charge in [0.15, 0.2) is 5.03 Å². The highest BCUT2D eigenvalue weighted by Crippen LogP contribution is 2.23. The van der Waals surface area contributed by atoms with Gasteiger partial charge in [0.05, 0.1) is 0 Å². The summed E-state index contributed by atoms with van der Waals surface area (Å²) >= 11 is 1.36. The number of aryl methyl sites for hydroxylation is 1. The summed E-state index contributed by atoms with van der Waals surface area (Å²) in [6, 6.07) is 7.41. The molecule has 0 bridgehead atoms. The molecule has 0 aliphatic heterocycles. The van der Waals surface area contributed by atoms with Crippen LogP contribution >= 0.6 is 11.8 Å². The van der Waals surface area contributed by atoms with Gasteiger partial charge in [-0.25, -0.2) is 4.98 Å². The van der Waals surface area contributed by atoms with E-state index in [0.29, 0.717) is 10.7 Å². The molecular weight excluding hydrogens is 246 g/mol. The SMILES string of the molecule is CCCn1ccnc(Sc2ccc(N)cc2)c1=O. The van der Waals surface area contributed by atoms with Crippen LogP contribution in [0.4, 0.5) is 5.69 Å². The van der Waals surface area contributed by atoms with E-state index in [1.807, 2.05) is 31.2 Å². The molecule has 4 nitrogen and oxygen atoms in total. The highest BCUT2D eigenvalue weighted by Gasteiger charge is 2.06. The van der Waals surface area contributed by atoms with Crippen molar-refractivity contribution in [2.75, 3.05) is 5.73 Å². The molecule has 0 atom stereocenters. The lowest BCUT2D eigenvalue weighted by molar-refractivity contribution is 0.632. The molecule has 1 aromatic heterocycles. The zero-order valence-corrected chi connectivity index (χ0v) is 11.0. The summed E-state index contributed by atoms with van der Waals surface area (Å²) in [6.07, 6.45) is 4.31. The van der Waals surface area contributed by atoms with Crippen LogP contribution in [0.25, 0.3) is 0 Å². The first-order chi connectivity index (χ1) is 8.70. The second-order valence-corrected chi connectivity index (χ2v) is 4.96. The Bertz CT molecular complexity index is 578. The predicted molar refractivity (Wildman–Crippen MR) is 73.8 cm³/mol. The molecular formula is C13H15N3OS. The van der Waals surface area contributed by atoms with Crippen molar-refractivity contribution in [2.45, 2.75) is 29.8 Å². The van der Waals surface area contributed by atoms with Gasteiger partial charge in [-0.05, 0) is 30.7 Å². The van der Waals surface area contributed by atoms with Crippen molar-refractivity contribution in [1.29, 1.82) is 0 Å². The molecule has 18 heavy (non-hydrogen) atoms. The van der Waals surface area contributed by atoms with Crippen LogP contribution in [0.3, 0.4) is 0 Å². The molecule has 0 fully saturated rings. The lowest BCUT2D eigenvalue weighted by Crippen LogP contribution is -2.21. The molecule has 94 valence electrons. The Kier molecular flexibility index (Phi) is 4.04. The van der Waals surface area contributed by atoms with Crippen molar-refractivity contribution >= 4 is 17.4 Å². The third-order valence-electron chi connectivity index (χ3n) is 2.44. The molecule has 5 heteroatoms. The maximum atomic E-state index is 12.1. The Morgan fingerprint density at radius 2 is 2.06 bits per heavy atom. The predicted octanol–water partition coefficient (Wildman–Crippen LogP) is 2.39. The van der Waals surface area contributed by atoms with Gasteiger partial charge in [-0.2, -0.15) is 0 Å². The van der Waals surface area contributed by atoms with Gasteiger partial charge < -0.3 is 10.3 Å². The smallest absolute Gasteiger partial charge is 0.283 e. The van der Waals surface area contributed by atoms with Gasteiger partial charge in [-0.15, -0.1) is 0 Å². The number of hydrogen-bond donors (Lipinski definition) is 1. The summed E-state index contributed by atoms with van der Waals surface area (Å²) < 4.78 is 1.69. The Morgan fingerprint density at radius 1 is 1.33 bits per heavy atom. The fourth-order valence-corrected chi connectivity index (χ4v) is 2.38. The number of nitrogen functional groups attached to an aromatic ring is 1. The van der Waals surface area contributed by atoms with E-state index in [1.165, 1.54) is 11.8 Å². The summed E-state index contributed by atoms with van der Waals surface area (Å²) in [5, 5.41) is 0.496. The second-order valence-electron chi connectivity index (χ2n) is 3.90. The van der Waals surface area contributed by atoms with E-state index in [1.54, 1.807) is 17.0 Å². The average Bonchev–Trinajstić information content (AvgIpc) is 2.37. The molecule has 0 aliphatic carbocycles. The first-order valence-corrected chi connectivity index (χ1v) is 6.61. The van der Waals surface area contributed by atoms with Gasteiger partial charge in [0, 0.05) is 29.5 Å². The topological polar surface area (TPSA) is 60.9 Å². The quantitative estimate of drug-likeness (QED) is 0.858. The van der Waals surface area contributed by atoms with Gasteiger partial charge in [0.2, 0.25) is 0 Å². The maximum absolute atomic E-state index is 12.1. The van der Waals surface area contributed by atoms with Crippen LogP contribution in [0.1, 0.15) is 13.3 Å². The molecule has 1 heterocycles. The summed E-state index contributed by atoms with van der Waals surface area (Å²) in [7, 11) is 0. The number of benzene rings is 1. The number of nitrogens with zero attached hydrogens (tertiary/aromatic N) is 2.